The van der Waals surface area contributed by atoms with Gasteiger partial charge in [-0.3, -0.25) is 9.59 Å². The predicted octanol–water partition coefficient (Wildman–Crippen LogP) is 3.90. The molecule has 29 heavy (non-hydrogen) atoms. The van der Waals surface area contributed by atoms with Crippen LogP contribution < -0.4 is 10.6 Å². The first-order chi connectivity index (χ1) is 13.8. The van der Waals surface area contributed by atoms with Gasteiger partial charge in [0.1, 0.15) is 12.4 Å². The predicted molar refractivity (Wildman–Crippen MR) is 115 cm³/mol. The van der Waals surface area contributed by atoms with Crippen molar-refractivity contribution in [1.82, 2.24) is 20.2 Å². The number of aromatic nitrogens is 2. The largest absolute Gasteiger partial charge is 0.354 e. The first-order valence-corrected chi connectivity index (χ1v) is 10.0. The summed E-state index contributed by atoms with van der Waals surface area (Å²) in [5, 5.41) is 6.91. The number of para-hydroxylation sites is 2. The summed E-state index contributed by atoms with van der Waals surface area (Å²) < 4.78 is 1.83. The summed E-state index contributed by atoms with van der Waals surface area (Å²) in [6.07, 6.45) is 0.599. The molecule has 8 heteroatoms. The smallest absolute Gasteiger partial charge is 0.240 e. The Hall–Kier alpha value is -2.57. The van der Waals surface area contributed by atoms with Gasteiger partial charge in [-0.1, -0.05) is 41.4 Å². The van der Waals surface area contributed by atoms with E-state index >= 15 is 0 Å². The number of benzene rings is 2. The second-order valence-corrected chi connectivity index (χ2v) is 7.65. The molecule has 0 bridgehead atoms. The lowest BCUT2D eigenvalue weighted by molar-refractivity contribution is -0.121. The Morgan fingerprint density at radius 3 is 2.66 bits per heavy atom. The van der Waals surface area contributed by atoms with Crippen molar-refractivity contribution >= 4 is 46.0 Å². The number of nitrogens with zero attached hydrogens (tertiary/aromatic N) is 2. The van der Waals surface area contributed by atoms with Crippen molar-refractivity contribution in [3.8, 4) is 0 Å². The van der Waals surface area contributed by atoms with Crippen molar-refractivity contribution in [2.45, 2.75) is 32.9 Å². The van der Waals surface area contributed by atoms with Gasteiger partial charge in [-0.05, 0) is 43.2 Å². The van der Waals surface area contributed by atoms with E-state index in [0.29, 0.717) is 28.8 Å². The monoisotopic (exact) mass is 432 g/mol. The molecule has 6 nitrogen and oxygen atoms in total. The maximum atomic E-state index is 12.6. The second kappa shape index (κ2) is 9.29. The first-order valence-electron chi connectivity index (χ1n) is 9.28. The highest BCUT2D eigenvalue weighted by molar-refractivity contribution is 6.35. The third-order valence-electron chi connectivity index (χ3n) is 4.52. The molecule has 0 aliphatic rings. The molecule has 152 valence electrons. The Kier molecular flexibility index (Phi) is 6.77. The van der Waals surface area contributed by atoms with Crippen LogP contribution in [0.4, 0.5) is 0 Å². The summed E-state index contributed by atoms with van der Waals surface area (Å²) in [5.41, 5.74) is 2.54. The fraction of sp³-hybridized carbons (Fsp3) is 0.286. The molecule has 1 aromatic heterocycles. The van der Waals surface area contributed by atoms with E-state index in [4.69, 9.17) is 23.2 Å². The van der Waals surface area contributed by atoms with Crippen LogP contribution in [-0.2, 0) is 22.6 Å². The summed E-state index contributed by atoms with van der Waals surface area (Å²) >= 11 is 12.1. The molecule has 2 N–H and O–H groups in total. The topological polar surface area (TPSA) is 76.0 Å². The van der Waals surface area contributed by atoms with Gasteiger partial charge in [-0.25, -0.2) is 4.98 Å². The zero-order valence-corrected chi connectivity index (χ0v) is 17.7. The third-order valence-corrected chi connectivity index (χ3v) is 5.11. The summed E-state index contributed by atoms with van der Waals surface area (Å²) in [7, 11) is 0. The van der Waals surface area contributed by atoms with Gasteiger partial charge in [0.25, 0.3) is 0 Å². The normalized spacial score (nSPS) is 12.0. The van der Waals surface area contributed by atoms with E-state index in [1.54, 1.807) is 12.1 Å². The highest BCUT2D eigenvalue weighted by atomic mass is 35.5. The van der Waals surface area contributed by atoms with Crippen LogP contribution in [-0.4, -0.2) is 27.9 Å². The first kappa shape index (κ1) is 21.1. The number of hydrogen-bond donors (Lipinski definition) is 2. The third kappa shape index (κ3) is 5.28. The molecule has 0 saturated carbocycles. The Morgan fingerprint density at radius 1 is 1.17 bits per heavy atom. The van der Waals surface area contributed by atoms with Crippen molar-refractivity contribution in [3.63, 3.8) is 0 Å². The molecule has 0 spiro atoms. The van der Waals surface area contributed by atoms with Crippen molar-refractivity contribution in [3.05, 3.63) is 63.9 Å². The molecule has 0 aliphatic carbocycles. The highest BCUT2D eigenvalue weighted by Crippen LogP contribution is 2.22. The van der Waals surface area contributed by atoms with Crippen LogP contribution in [0.5, 0.6) is 0 Å². The van der Waals surface area contributed by atoms with Gasteiger partial charge in [-0.2, -0.15) is 0 Å². The van der Waals surface area contributed by atoms with Gasteiger partial charge >= 0.3 is 0 Å². The Labute approximate surface area is 179 Å². The lowest BCUT2D eigenvalue weighted by Gasteiger charge is -2.15. The minimum Gasteiger partial charge on any atom is -0.354 e. The minimum atomic E-state index is -0.319. The molecular formula is C21H22Cl2N4O2. The van der Waals surface area contributed by atoms with Gasteiger partial charge in [0.15, 0.2) is 0 Å². The molecule has 2 amide bonds. The molecule has 0 fully saturated rings. The fourth-order valence-electron chi connectivity index (χ4n) is 3.22. The number of carbonyl (C=O) groups excluding carboxylic acids is 2. The minimum absolute atomic E-state index is 0.105. The highest BCUT2D eigenvalue weighted by Gasteiger charge is 2.19. The number of hydrogen-bond acceptors (Lipinski definition) is 3. The second-order valence-electron chi connectivity index (χ2n) is 6.80. The number of nitrogens with one attached hydrogen (secondary N) is 2. The number of rotatable bonds is 7. The van der Waals surface area contributed by atoms with Crippen LogP contribution in [0, 0.1) is 0 Å². The quantitative estimate of drug-likeness (QED) is 0.594. The van der Waals surface area contributed by atoms with E-state index in [1.165, 1.54) is 6.92 Å². The number of imidazole rings is 1. The Balaban J connectivity index is 1.71. The summed E-state index contributed by atoms with van der Waals surface area (Å²) in [4.78, 5) is 28.6. The van der Waals surface area contributed by atoms with Gasteiger partial charge in [0.2, 0.25) is 11.8 Å². The van der Waals surface area contributed by atoms with Crippen LogP contribution in [0.2, 0.25) is 10.0 Å². The van der Waals surface area contributed by atoms with E-state index in [9.17, 15) is 9.59 Å². The van der Waals surface area contributed by atoms with Crippen molar-refractivity contribution in [2.24, 2.45) is 0 Å². The van der Waals surface area contributed by atoms with Crippen LogP contribution in [0.25, 0.3) is 11.0 Å². The molecule has 0 radical (unpaired) electrons. The van der Waals surface area contributed by atoms with Gasteiger partial charge < -0.3 is 15.2 Å². The number of fused-ring (bicyclic) bond motifs is 1. The van der Waals surface area contributed by atoms with Crippen LogP contribution >= 0.6 is 23.2 Å². The molecule has 3 aromatic rings. The molecular weight excluding hydrogens is 411 g/mol. The van der Waals surface area contributed by atoms with Crippen molar-refractivity contribution in [1.29, 1.82) is 0 Å². The average molecular weight is 433 g/mol. The average Bonchev–Trinajstić information content (AvgIpc) is 3.02. The molecule has 0 aliphatic heterocycles. The SMILES string of the molecule is CC(=O)NC(C)c1nc2ccccc2n1CC(=O)NCCc1ccc(Cl)cc1Cl. The van der Waals surface area contributed by atoms with Crippen molar-refractivity contribution in [2.75, 3.05) is 6.54 Å². The van der Waals surface area contributed by atoms with E-state index in [0.717, 1.165) is 16.6 Å². The maximum absolute atomic E-state index is 12.6. The molecule has 1 unspecified atom stereocenters. The van der Waals surface area contributed by atoms with Crippen LogP contribution in [0.1, 0.15) is 31.3 Å². The zero-order valence-electron chi connectivity index (χ0n) is 16.2. The van der Waals surface area contributed by atoms with E-state index in [-0.39, 0.29) is 24.4 Å². The molecule has 1 heterocycles. The fourth-order valence-corrected chi connectivity index (χ4v) is 3.72. The molecule has 0 saturated heterocycles. The van der Waals surface area contributed by atoms with Gasteiger partial charge in [0.05, 0.1) is 17.1 Å². The summed E-state index contributed by atoms with van der Waals surface area (Å²) in [5.74, 6) is 0.340. The molecule has 1 atom stereocenters. The summed E-state index contributed by atoms with van der Waals surface area (Å²) in [6, 6.07) is 12.6. The van der Waals surface area contributed by atoms with Crippen molar-refractivity contribution < 1.29 is 9.59 Å². The van der Waals surface area contributed by atoms with E-state index < -0.39 is 0 Å². The van der Waals surface area contributed by atoms with Gasteiger partial charge in [0, 0.05) is 23.5 Å². The zero-order chi connectivity index (χ0) is 21.0. The maximum Gasteiger partial charge on any atom is 0.240 e. The van der Waals surface area contributed by atoms with Gasteiger partial charge in [-0.15, -0.1) is 0 Å². The van der Waals surface area contributed by atoms with Crippen LogP contribution in [0.3, 0.4) is 0 Å². The van der Waals surface area contributed by atoms with E-state index in [1.807, 2.05) is 41.8 Å². The Bertz CT molecular complexity index is 1050. The summed E-state index contributed by atoms with van der Waals surface area (Å²) in [6.45, 7) is 3.86. The lowest BCUT2D eigenvalue weighted by atomic mass is 10.1. The lowest BCUT2D eigenvalue weighted by Crippen LogP contribution is -2.32. The number of halogens is 2. The standard InChI is InChI=1S/C21H22Cl2N4O2/c1-13(25-14(2)28)21-26-18-5-3-4-6-19(18)27(21)12-20(29)24-10-9-15-7-8-16(22)11-17(15)23/h3-8,11,13H,9-10,12H2,1-2H3,(H,24,29)(H,25,28). The van der Waals surface area contributed by atoms with Crippen LogP contribution in [0.15, 0.2) is 42.5 Å². The number of carbonyl (C=O) groups is 2. The van der Waals surface area contributed by atoms with E-state index in [2.05, 4.69) is 15.6 Å². The number of amides is 2. The molecule has 3 rings (SSSR count). The Morgan fingerprint density at radius 2 is 1.93 bits per heavy atom. The molecule has 2 aromatic carbocycles.